The summed E-state index contributed by atoms with van der Waals surface area (Å²) in [6, 6.07) is 7.36. The highest BCUT2D eigenvalue weighted by Gasteiger charge is 2.21. The first-order valence-electron chi connectivity index (χ1n) is 6.74. The van der Waals surface area contributed by atoms with Crippen LogP contribution < -0.4 is 9.64 Å². The fourth-order valence-electron chi connectivity index (χ4n) is 2.22. The molecule has 5 heteroatoms. The predicted octanol–water partition coefficient (Wildman–Crippen LogP) is 2.14. The molecule has 1 atom stereocenters. The van der Waals surface area contributed by atoms with E-state index in [2.05, 4.69) is 4.74 Å². The van der Waals surface area contributed by atoms with Crippen LogP contribution in [0.3, 0.4) is 0 Å². The van der Waals surface area contributed by atoms with Gasteiger partial charge in [0.1, 0.15) is 11.9 Å². The quantitative estimate of drug-likeness (QED) is 0.774. The zero-order valence-electron chi connectivity index (χ0n) is 11.8. The highest BCUT2D eigenvalue weighted by atomic mass is 16.5. The van der Waals surface area contributed by atoms with Crippen molar-refractivity contribution in [1.29, 1.82) is 0 Å². The first-order chi connectivity index (χ1) is 9.60. The molecule has 0 aliphatic carbocycles. The second-order valence-electron chi connectivity index (χ2n) is 4.85. The lowest BCUT2D eigenvalue weighted by Gasteiger charge is -2.17. The summed E-state index contributed by atoms with van der Waals surface area (Å²) in [6.45, 7) is 2.59. The highest BCUT2D eigenvalue weighted by molar-refractivity contribution is 5.95. The number of carbonyl (C=O) groups excluding carboxylic acids is 2. The van der Waals surface area contributed by atoms with Gasteiger partial charge >= 0.3 is 5.97 Å². The Morgan fingerprint density at radius 1 is 1.35 bits per heavy atom. The van der Waals surface area contributed by atoms with Crippen molar-refractivity contribution in [2.24, 2.45) is 0 Å². The number of carbonyl (C=O) groups is 2. The van der Waals surface area contributed by atoms with E-state index in [4.69, 9.17) is 4.74 Å². The summed E-state index contributed by atoms with van der Waals surface area (Å²) < 4.78 is 10.2. The number of ether oxygens (including phenoxy) is 2. The number of nitrogens with zero attached hydrogens (tertiary/aromatic N) is 1. The van der Waals surface area contributed by atoms with E-state index in [1.54, 1.807) is 4.90 Å². The zero-order valence-corrected chi connectivity index (χ0v) is 11.8. The lowest BCUT2D eigenvalue weighted by Crippen LogP contribution is -2.23. The Bertz CT molecular complexity index is 483. The minimum absolute atomic E-state index is 0.165. The van der Waals surface area contributed by atoms with Crippen LogP contribution in [0.4, 0.5) is 5.69 Å². The molecule has 1 aromatic rings. The third-order valence-electron chi connectivity index (χ3n) is 3.24. The van der Waals surface area contributed by atoms with Crippen molar-refractivity contribution in [1.82, 2.24) is 0 Å². The molecule has 1 unspecified atom stereocenters. The fourth-order valence-corrected chi connectivity index (χ4v) is 2.22. The number of rotatable bonds is 5. The van der Waals surface area contributed by atoms with Crippen LogP contribution in [0.1, 0.15) is 26.2 Å². The summed E-state index contributed by atoms with van der Waals surface area (Å²) in [4.78, 5) is 24.5. The van der Waals surface area contributed by atoms with Crippen molar-refractivity contribution in [3.05, 3.63) is 24.3 Å². The molecule has 1 aliphatic rings. The van der Waals surface area contributed by atoms with Crippen molar-refractivity contribution >= 4 is 17.6 Å². The van der Waals surface area contributed by atoms with Crippen LogP contribution in [0.5, 0.6) is 5.75 Å². The summed E-state index contributed by atoms with van der Waals surface area (Å²) in [5.41, 5.74) is 0.889. The predicted molar refractivity (Wildman–Crippen MR) is 74.8 cm³/mol. The van der Waals surface area contributed by atoms with Gasteiger partial charge in [0.2, 0.25) is 5.91 Å². The highest BCUT2D eigenvalue weighted by Crippen LogP contribution is 2.24. The van der Waals surface area contributed by atoms with E-state index in [9.17, 15) is 9.59 Å². The van der Waals surface area contributed by atoms with Gasteiger partial charge in [0.15, 0.2) is 0 Å². The minimum Gasteiger partial charge on any atom is -0.490 e. The molecular weight excluding hydrogens is 258 g/mol. The van der Waals surface area contributed by atoms with Crippen molar-refractivity contribution in [3.8, 4) is 5.75 Å². The maximum Gasteiger partial charge on any atom is 0.309 e. The molecule has 1 fully saturated rings. The largest absolute Gasteiger partial charge is 0.490 e. The number of anilines is 1. The molecule has 1 aliphatic heterocycles. The van der Waals surface area contributed by atoms with E-state index in [0.717, 1.165) is 18.7 Å². The number of amides is 1. The first kappa shape index (κ1) is 14.4. The third-order valence-corrected chi connectivity index (χ3v) is 3.24. The second kappa shape index (κ2) is 6.41. The van der Waals surface area contributed by atoms with Gasteiger partial charge in [-0.2, -0.15) is 0 Å². The van der Waals surface area contributed by atoms with Gasteiger partial charge in [-0.3, -0.25) is 9.59 Å². The lowest BCUT2D eigenvalue weighted by molar-refractivity contribution is -0.142. The van der Waals surface area contributed by atoms with Crippen LogP contribution in [0.2, 0.25) is 0 Å². The number of hydrogen-bond donors (Lipinski definition) is 0. The molecule has 0 bridgehead atoms. The standard InChI is InChI=1S/C15H19NO4/c1-11(10-15(18)19-2)20-13-7-5-12(6-8-13)16-9-3-4-14(16)17/h5-8,11H,3-4,9-10H2,1-2H3. The van der Waals surface area contributed by atoms with Crippen LogP contribution in [-0.2, 0) is 14.3 Å². The zero-order chi connectivity index (χ0) is 14.5. The maximum absolute atomic E-state index is 11.6. The molecule has 108 valence electrons. The average molecular weight is 277 g/mol. The van der Waals surface area contributed by atoms with Gasteiger partial charge in [-0.05, 0) is 37.6 Å². The van der Waals surface area contributed by atoms with Gasteiger partial charge in [0, 0.05) is 18.7 Å². The summed E-state index contributed by atoms with van der Waals surface area (Å²) in [5, 5.41) is 0. The molecule has 5 nitrogen and oxygen atoms in total. The van der Waals surface area contributed by atoms with Crippen LogP contribution in [0.15, 0.2) is 24.3 Å². The average Bonchev–Trinajstić information content (AvgIpc) is 2.85. The smallest absolute Gasteiger partial charge is 0.309 e. The van der Waals surface area contributed by atoms with Gasteiger partial charge in [-0.1, -0.05) is 0 Å². The molecule has 1 saturated heterocycles. The molecule has 0 N–H and O–H groups in total. The Hall–Kier alpha value is -2.04. The SMILES string of the molecule is COC(=O)CC(C)Oc1ccc(N2CCCC2=O)cc1. The number of benzene rings is 1. The molecule has 1 aromatic carbocycles. The summed E-state index contributed by atoms with van der Waals surface area (Å²) in [7, 11) is 1.36. The van der Waals surface area contributed by atoms with Crippen molar-refractivity contribution in [2.75, 3.05) is 18.6 Å². The molecule has 1 amide bonds. The Morgan fingerprint density at radius 3 is 2.60 bits per heavy atom. The van der Waals surface area contributed by atoms with Crippen molar-refractivity contribution in [2.45, 2.75) is 32.3 Å². The van der Waals surface area contributed by atoms with Gasteiger partial charge in [0.05, 0.1) is 13.5 Å². The Balaban J connectivity index is 1.94. The van der Waals surface area contributed by atoms with E-state index in [1.807, 2.05) is 31.2 Å². The maximum atomic E-state index is 11.6. The summed E-state index contributed by atoms with van der Waals surface area (Å²) >= 11 is 0. The third kappa shape index (κ3) is 3.50. The molecule has 0 radical (unpaired) electrons. The van der Waals surface area contributed by atoms with Gasteiger partial charge in [0.25, 0.3) is 0 Å². The molecular formula is C15H19NO4. The van der Waals surface area contributed by atoms with E-state index < -0.39 is 0 Å². The molecule has 0 aromatic heterocycles. The first-order valence-corrected chi connectivity index (χ1v) is 6.74. The van der Waals surface area contributed by atoms with Crippen molar-refractivity contribution in [3.63, 3.8) is 0 Å². The van der Waals surface area contributed by atoms with Gasteiger partial charge in [-0.25, -0.2) is 0 Å². The summed E-state index contributed by atoms with van der Waals surface area (Å²) in [5.74, 6) is 0.548. The van der Waals surface area contributed by atoms with E-state index in [-0.39, 0.29) is 24.4 Å². The van der Waals surface area contributed by atoms with Crippen LogP contribution in [0, 0.1) is 0 Å². The second-order valence-corrected chi connectivity index (χ2v) is 4.85. The molecule has 1 heterocycles. The van der Waals surface area contributed by atoms with Crippen LogP contribution in [-0.4, -0.2) is 31.6 Å². The fraction of sp³-hybridized carbons (Fsp3) is 0.467. The topological polar surface area (TPSA) is 55.8 Å². The van der Waals surface area contributed by atoms with E-state index >= 15 is 0 Å². The molecule has 0 spiro atoms. The van der Waals surface area contributed by atoms with Crippen LogP contribution >= 0.6 is 0 Å². The monoisotopic (exact) mass is 277 g/mol. The lowest BCUT2D eigenvalue weighted by atomic mass is 10.2. The molecule has 20 heavy (non-hydrogen) atoms. The molecule has 2 rings (SSSR count). The Kier molecular flexibility index (Phi) is 4.61. The Morgan fingerprint density at radius 2 is 2.05 bits per heavy atom. The minimum atomic E-state index is -0.295. The van der Waals surface area contributed by atoms with Crippen LogP contribution in [0.25, 0.3) is 0 Å². The van der Waals surface area contributed by atoms with Gasteiger partial charge < -0.3 is 14.4 Å². The molecule has 0 saturated carbocycles. The van der Waals surface area contributed by atoms with E-state index in [1.165, 1.54) is 7.11 Å². The number of hydrogen-bond acceptors (Lipinski definition) is 4. The normalized spacial score (nSPS) is 16.1. The number of esters is 1. The van der Waals surface area contributed by atoms with Gasteiger partial charge in [-0.15, -0.1) is 0 Å². The number of methoxy groups -OCH3 is 1. The van der Waals surface area contributed by atoms with Crippen molar-refractivity contribution < 1.29 is 19.1 Å². The van der Waals surface area contributed by atoms with E-state index in [0.29, 0.717) is 12.2 Å². The Labute approximate surface area is 118 Å². The summed E-state index contributed by atoms with van der Waals surface area (Å²) in [6.07, 6.45) is 1.49.